The average molecular weight is 277 g/mol. The third-order valence-corrected chi connectivity index (χ3v) is 4.09. The number of fused-ring (bicyclic) bond motifs is 1. The Labute approximate surface area is 102 Å². The highest BCUT2D eigenvalue weighted by Crippen LogP contribution is 2.45. The van der Waals surface area contributed by atoms with Gasteiger partial charge in [-0.05, 0) is 17.8 Å². The Balaban J connectivity index is 2.64. The molecule has 1 aromatic heterocycles. The molecular weight excluding hydrogens is 273 g/mol. The van der Waals surface area contributed by atoms with Gasteiger partial charge in [0.1, 0.15) is 0 Å². The van der Waals surface area contributed by atoms with Gasteiger partial charge < -0.3 is 9.90 Å². The zero-order valence-electron chi connectivity index (χ0n) is 8.08. The van der Waals surface area contributed by atoms with E-state index in [1.807, 2.05) is 0 Å². The van der Waals surface area contributed by atoms with Crippen LogP contribution in [0.2, 0.25) is 0 Å². The van der Waals surface area contributed by atoms with Crippen molar-refractivity contribution in [2.45, 2.75) is 10.4 Å². The van der Waals surface area contributed by atoms with E-state index in [2.05, 4.69) is 0 Å². The minimum atomic E-state index is -4.52. The van der Waals surface area contributed by atoms with Gasteiger partial charge in [0.2, 0.25) is 0 Å². The predicted octanol–water partition coefficient (Wildman–Crippen LogP) is 2.88. The summed E-state index contributed by atoms with van der Waals surface area (Å²) in [4.78, 5) is 10.1. The summed E-state index contributed by atoms with van der Waals surface area (Å²) in [7, 11) is 0. The highest BCUT2D eigenvalue weighted by Gasteiger charge is 2.32. The van der Waals surface area contributed by atoms with E-state index in [1.54, 1.807) is 18.2 Å². The van der Waals surface area contributed by atoms with E-state index < -0.39 is 23.2 Å². The number of rotatable bonds is 2. The topological polar surface area (TPSA) is 40.1 Å². The first-order valence-electron chi connectivity index (χ1n) is 4.37. The summed E-state index contributed by atoms with van der Waals surface area (Å²) in [5, 5.41) is 11.1. The lowest BCUT2D eigenvalue weighted by atomic mass is 10.2. The molecule has 0 N–H and O–H groups in total. The zero-order valence-corrected chi connectivity index (χ0v) is 9.71. The van der Waals surface area contributed by atoms with Gasteiger partial charge >= 0.3 is 5.51 Å². The van der Waals surface area contributed by atoms with Crippen molar-refractivity contribution >= 4 is 39.2 Å². The van der Waals surface area contributed by atoms with Crippen LogP contribution in [0.4, 0.5) is 13.2 Å². The maximum absolute atomic E-state index is 12.3. The summed E-state index contributed by atoms with van der Waals surface area (Å²) in [5.41, 5.74) is -4.52. The number of carboxylic acid groups (broad SMARTS) is 1. The molecule has 0 bridgehead atoms. The molecule has 1 heterocycles. The Morgan fingerprint density at radius 2 is 1.94 bits per heavy atom. The van der Waals surface area contributed by atoms with Crippen molar-refractivity contribution in [1.82, 2.24) is 0 Å². The molecule has 0 amide bonds. The molecule has 0 aliphatic heterocycles. The molecule has 1 aromatic carbocycles. The molecule has 0 spiro atoms. The Morgan fingerprint density at radius 3 is 2.53 bits per heavy atom. The monoisotopic (exact) mass is 277 g/mol. The normalized spacial score (nSPS) is 11.9. The third kappa shape index (κ3) is 2.55. The fourth-order valence-electron chi connectivity index (χ4n) is 1.37. The Hall–Kier alpha value is -1.21. The van der Waals surface area contributed by atoms with Crippen molar-refractivity contribution in [3.8, 4) is 0 Å². The molecular formula is C10H4F3O2S2-. The molecule has 2 rings (SSSR count). The van der Waals surface area contributed by atoms with Crippen LogP contribution in [-0.4, -0.2) is 11.5 Å². The second-order valence-electron chi connectivity index (χ2n) is 3.09. The Bertz CT molecular complexity index is 574. The van der Waals surface area contributed by atoms with Crippen LogP contribution in [0.3, 0.4) is 0 Å². The molecule has 0 saturated heterocycles. The first-order chi connectivity index (χ1) is 7.88. The van der Waals surface area contributed by atoms with Crippen molar-refractivity contribution in [3.05, 3.63) is 29.1 Å². The van der Waals surface area contributed by atoms with E-state index in [1.165, 1.54) is 6.07 Å². The average Bonchev–Trinajstić information content (AvgIpc) is 2.55. The second kappa shape index (κ2) is 4.23. The number of aromatic carboxylic acids is 1. The number of hydrogen-bond acceptors (Lipinski definition) is 4. The van der Waals surface area contributed by atoms with Crippen molar-refractivity contribution < 1.29 is 23.1 Å². The van der Waals surface area contributed by atoms with Gasteiger partial charge in [0.05, 0.1) is 10.8 Å². The Kier molecular flexibility index (Phi) is 3.05. The van der Waals surface area contributed by atoms with Crippen LogP contribution in [-0.2, 0) is 0 Å². The van der Waals surface area contributed by atoms with Gasteiger partial charge in [-0.1, -0.05) is 18.2 Å². The number of hydrogen-bond donors (Lipinski definition) is 0. The SMILES string of the molecule is O=C([O-])c1sc2ccccc2c1SC(F)(F)F. The van der Waals surface area contributed by atoms with Crippen LogP contribution in [0.15, 0.2) is 29.2 Å². The first-order valence-corrected chi connectivity index (χ1v) is 6.00. The van der Waals surface area contributed by atoms with Crippen LogP contribution in [0.5, 0.6) is 0 Å². The third-order valence-electron chi connectivity index (χ3n) is 1.95. The number of thiophene rings is 1. The lowest BCUT2D eigenvalue weighted by Gasteiger charge is -2.07. The van der Waals surface area contributed by atoms with Crippen LogP contribution in [0, 0.1) is 0 Å². The van der Waals surface area contributed by atoms with Gasteiger partial charge in [-0.15, -0.1) is 11.3 Å². The van der Waals surface area contributed by atoms with Gasteiger partial charge in [0.25, 0.3) is 0 Å². The van der Waals surface area contributed by atoms with Crippen molar-refractivity contribution in [3.63, 3.8) is 0 Å². The van der Waals surface area contributed by atoms with Crippen molar-refractivity contribution in [2.75, 3.05) is 0 Å². The number of benzene rings is 1. The number of carbonyl (C=O) groups excluding carboxylic acids is 1. The molecule has 0 saturated carbocycles. The number of carboxylic acids is 1. The van der Waals surface area contributed by atoms with Gasteiger partial charge in [0.15, 0.2) is 0 Å². The van der Waals surface area contributed by atoms with Crippen LogP contribution >= 0.6 is 23.1 Å². The lowest BCUT2D eigenvalue weighted by Crippen LogP contribution is -2.21. The molecule has 7 heteroatoms. The van der Waals surface area contributed by atoms with E-state index in [9.17, 15) is 23.1 Å². The zero-order chi connectivity index (χ0) is 12.6. The van der Waals surface area contributed by atoms with Gasteiger partial charge in [-0.2, -0.15) is 13.2 Å². The highest BCUT2D eigenvalue weighted by molar-refractivity contribution is 8.00. The quantitative estimate of drug-likeness (QED) is 0.792. The van der Waals surface area contributed by atoms with Crippen LogP contribution in [0.1, 0.15) is 9.67 Å². The summed E-state index contributed by atoms with van der Waals surface area (Å²) in [6, 6.07) is 6.24. The highest BCUT2D eigenvalue weighted by atomic mass is 32.2. The number of halogens is 3. The van der Waals surface area contributed by atoms with E-state index in [4.69, 9.17) is 0 Å². The number of carbonyl (C=O) groups is 1. The maximum Gasteiger partial charge on any atom is 0.446 e. The van der Waals surface area contributed by atoms with E-state index in [0.29, 0.717) is 10.1 Å². The largest absolute Gasteiger partial charge is 0.544 e. The smallest absolute Gasteiger partial charge is 0.446 e. The fraction of sp³-hybridized carbons (Fsp3) is 0.100. The summed E-state index contributed by atoms with van der Waals surface area (Å²) < 4.78 is 37.5. The fourth-order valence-corrected chi connectivity index (χ4v) is 3.32. The predicted molar refractivity (Wildman–Crippen MR) is 58.1 cm³/mol. The summed E-state index contributed by atoms with van der Waals surface area (Å²) in [6.45, 7) is 0. The van der Waals surface area contributed by atoms with E-state index >= 15 is 0 Å². The van der Waals surface area contributed by atoms with Crippen LogP contribution in [0.25, 0.3) is 10.1 Å². The molecule has 0 radical (unpaired) electrons. The molecule has 2 aromatic rings. The molecule has 0 fully saturated rings. The minimum Gasteiger partial charge on any atom is -0.544 e. The molecule has 0 aliphatic carbocycles. The number of alkyl halides is 3. The lowest BCUT2D eigenvalue weighted by molar-refractivity contribution is -0.254. The maximum atomic E-state index is 12.3. The molecule has 0 atom stereocenters. The summed E-state index contributed by atoms with van der Waals surface area (Å²) in [5.74, 6) is -1.59. The number of thioether (sulfide) groups is 1. The first kappa shape index (κ1) is 12.3. The minimum absolute atomic E-state index is 0.291. The second-order valence-corrected chi connectivity index (χ2v) is 5.22. The molecule has 0 unspecified atom stereocenters. The van der Waals surface area contributed by atoms with Crippen molar-refractivity contribution in [1.29, 1.82) is 0 Å². The van der Waals surface area contributed by atoms with Gasteiger partial charge in [0, 0.05) is 15.0 Å². The van der Waals surface area contributed by atoms with Crippen molar-refractivity contribution in [2.24, 2.45) is 0 Å². The molecule has 90 valence electrons. The van der Waals surface area contributed by atoms with E-state index in [0.717, 1.165) is 11.3 Å². The molecule has 2 nitrogen and oxygen atoms in total. The standard InChI is InChI=1S/C10H5F3O2S2/c11-10(12,13)17-7-5-3-1-2-4-6(5)16-8(7)9(14)15/h1-4H,(H,14,15)/p-1. The molecule has 17 heavy (non-hydrogen) atoms. The van der Waals surface area contributed by atoms with Crippen LogP contribution < -0.4 is 5.11 Å². The Morgan fingerprint density at radius 1 is 1.29 bits per heavy atom. The van der Waals surface area contributed by atoms with Gasteiger partial charge in [-0.3, -0.25) is 0 Å². The summed E-state index contributed by atoms with van der Waals surface area (Å²) in [6.07, 6.45) is 0. The van der Waals surface area contributed by atoms with Gasteiger partial charge in [-0.25, -0.2) is 0 Å². The van der Waals surface area contributed by atoms with E-state index in [-0.39, 0.29) is 9.77 Å². The summed E-state index contributed by atoms with van der Waals surface area (Å²) >= 11 is 0.371. The molecule has 0 aliphatic rings.